The van der Waals surface area contributed by atoms with E-state index < -0.39 is 30.1 Å². The highest BCUT2D eigenvalue weighted by Crippen LogP contribution is 2.20. The summed E-state index contributed by atoms with van der Waals surface area (Å²) in [7, 11) is 0. The van der Waals surface area contributed by atoms with Crippen molar-refractivity contribution in [1.82, 2.24) is 10.2 Å². The molecule has 1 aliphatic heterocycles. The molecule has 7 heteroatoms. The van der Waals surface area contributed by atoms with Crippen LogP contribution >= 0.6 is 0 Å². The van der Waals surface area contributed by atoms with Crippen molar-refractivity contribution in [1.29, 1.82) is 0 Å². The number of fused-ring (bicyclic) bond motifs is 1. The molecule has 0 radical (unpaired) electrons. The zero-order chi connectivity index (χ0) is 22.4. The number of amides is 1. The topological polar surface area (TPSA) is 95.9 Å². The Bertz CT molecular complexity index is 944. The minimum atomic E-state index is -0.990. The summed E-state index contributed by atoms with van der Waals surface area (Å²) in [6, 6.07) is 12.2. The highest BCUT2D eigenvalue weighted by molar-refractivity contribution is 5.88. The van der Waals surface area contributed by atoms with Gasteiger partial charge >= 0.3 is 11.9 Å². The van der Waals surface area contributed by atoms with Crippen LogP contribution in [0.1, 0.15) is 38.7 Å². The van der Waals surface area contributed by atoms with Crippen LogP contribution in [0.2, 0.25) is 0 Å². The standard InChI is InChI=1S/C24H30N2O5/c1-3-31-24(30)20(13-11-17-10-12-18-7-4-5-8-19(18)15-17)25-16(2)22(27)26-14-6-9-21(26)23(28)29/h4-5,7-8,10,12,15-16,20-21,25H,3,6,9,11,13-14H2,1-2H3,(H,28,29)/t16-,20?,21-/m0/s1. The van der Waals surface area contributed by atoms with E-state index in [1.165, 1.54) is 4.90 Å². The molecular formula is C24H30N2O5. The van der Waals surface area contributed by atoms with Gasteiger partial charge in [-0.2, -0.15) is 0 Å². The Hall–Kier alpha value is -2.93. The predicted molar refractivity (Wildman–Crippen MR) is 118 cm³/mol. The fourth-order valence-corrected chi connectivity index (χ4v) is 4.13. The molecular weight excluding hydrogens is 396 g/mol. The number of carboxylic acids is 1. The van der Waals surface area contributed by atoms with Crippen molar-refractivity contribution in [2.75, 3.05) is 13.2 Å². The van der Waals surface area contributed by atoms with Crippen molar-refractivity contribution >= 4 is 28.6 Å². The number of esters is 1. The van der Waals surface area contributed by atoms with E-state index in [9.17, 15) is 19.5 Å². The number of hydrogen-bond donors (Lipinski definition) is 2. The Morgan fingerprint density at radius 1 is 1.19 bits per heavy atom. The third-order valence-corrected chi connectivity index (χ3v) is 5.75. The Morgan fingerprint density at radius 2 is 1.94 bits per heavy atom. The molecule has 1 heterocycles. The molecule has 3 atom stereocenters. The molecule has 0 aliphatic carbocycles. The normalized spacial score (nSPS) is 18.0. The number of benzene rings is 2. The molecule has 1 aliphatic rings. The number of ether oxygens (including phenoxy) is 1. The maximum Gasteiger partial charge on any atom is 0.326 e. The van der Waals surface area contributed by atoms with Gasteiger partial charge in [0.2, 0.25) is 5.91 Å². The first-order valence-electron chi connectivity index (χ1n) is 10.8. The molecule has 1 unspecified atom stereocenters. The minimum absolute atomic E-state index is 0.253. The second-order valence-electron chi connectivity index (χ2n) is 7.94. The number of carboxylic acid groups (broad SMARTS) is 1. The van der Waals surface area contributed by atoms with Crippen molar-refractivity contribution in [2.24, 2.45) is 0 Å². The maximum atomic E-state index is 12.8. The van der Waals surface area contributed by atoms with Crippen LogP contribution in [0.5, 0.6) is 0 Å². The van der Waals surface area contributed by atoms with Crippen LogP contribution in [0.15, 0.2) is 42.5 Å². The molecule has 0 spiro atoms. The highest BCUT2D eigenvalue weighted by atomic mass is 16.5. The summed E-state index contributed by atoms with van der Waals surface area (Å²) in [5, 5.41) is 14.7. The number of carbonyl (C=O) groups is 3. The summed E-state index contributed by atoms with van der Waals surface area (Å²) in [5.41, 5.74) is 1.10. The fraction of sp³-hybridized carbons (Fsp3) is 0.458. The van der Waals surface area contributed by atoms with Crippen molar-refractivity contribution < 1.29 is 24.2 Å². The molecule has 3 rings (SSSR count). The first-order chi connectivity index (χ1) is 14.9. The lowest BCUT2D eigenvalue weighted by Crippen LogP contribution is -2.53. The van der Waals surface area contributed by atoms with E-state index in [2.05, 4.69) is 29.6 Å². The Morgan fingerprint density at radius 3 is 2.65 bits per heavy atom. The van der Waals surface area contributed by atoms with Crippen LogP contribution in [0.3, 0.4) is 0 Å². The molecule has 0 bridgehead atoms. The largest absolute Gasteiger partial charge is 0.480 e. The molecule has 166 valence electrons. The molecule has 0 saturated carbocycles. The Balaban J connectivity index is 1.67. The summed E-state index contributed by atoms with van der Waals surface area (Å²) in [5.74, 6) is -1.69. The number of aliphatic carboxylic acids is 1. The van der Waals surface area contributed by atoms with Crippen molar-refractivity contribution in [3.05, 3.63) is 48.0 Å². The monoisotopic (exact) mass is 426 g/mol. The van der Waals surface area contributed by atoms with Crippen molar-refractivity contribution in [3.63, 3.8) is 0 Å². The van der Waals surface area contributed by atoms with Crippen LogP contribution in [-0.2, 0) is 25.5 Å². The van der Waals surface area contributed by atoms with Gasteiger partial charge in [0.15, 0.2) is 0 Å². The molecule has 7 nitrogen and oxygen atoms in total. The summed E-state index contributed by atoms with van der Waals surface area (Å²) >= 11 is 0. The Kier molecular flexibility index (Phi) is 7.63. The van der Waals surface area contributed by atoms with E-state index in [0.29, 0.717) is 32.2 Å². The quantitative estimate of drug-likeness (QED) is 0.599. The molecule has 2 aromatic carbocycles. The van der Waals surface area contributed by atoms with Gasteiger partial charge in [-0.3, -0.25) is 14.9 Å². The lowest BCUT2D eigenvalue weighted by molar-refractivity contribution is -0.150. The zero-order valence-electron chi connectivity index (χ0n) is 18.0. The molecule has 1 fully saturated rings. The molecule has 2 N–H and O–H groups in total. The highest BCUT2D eigenvalue weighted by Gasteiger charge is 2.36. The molecule has 1 amide bonds. The van der Waals surface area contributed by atoms with Crippen LogP contribution in [-0.4, -0.2) is 59.1 Å². The average molecular weight is 427 g/mol. The van der Waals surface area contributed by atoms with Crippen LogP contribution in [0.4, 0.5) is 0 Å². The van der Waals surface area contributed by atoms with Crippen molar-refractivity contribution in [2.45, 2.75) is 57.7 Å². The van der Waals surface area contributed by atoms with E-state index in [1.807, 2.05) is 18.2 Å². The van der Waals surface area contributed by atoms with Gasteiger partial charge in [0.25, 0.3) is 0 Å². The molecule has 2 aromatic rings. The van der Waals surface area contributed by atoms with Crippen LogP contribution in [0, 0.1) is 0 Å². The first kappa shape index (κ1) is 22.7. The molecule has 31 heavy (non-hydrogen) atoms. The summed E-state index contributed by atoms with van der Waals surface area (Å²) in [6.07, 6.45) is 2.23. The van der Waals surface area contributed by atoms with Gasteiger partial charge in [-0.1, -0.05) is 42.5 Å². The number of likely N-dealkylation sites (tertiary alicyclic amines) is 1. The number of aryl methyl sites for hydroxylation is 1. The predicted octanol–water partition coefficient (Wildman–Crippen LogP) is 2.76. The van der Waals surface area contributed by atoms with Gasteiger partial charge in [0, 0.05) is 6.54 Å². The Labute approximate surface area is 182 Å². The third kappa shape index (κ3) is 5.61. The summed E-state index contributed by atoms with van der Waals surface area (Å²) < 4.78 is 5.21. The maximum absolute atomic E-state index is 12.8. The number of rotatable bonds is 9. The lowest BCUT2D eigenvalue weighted by Gasteiger charge is -2.27. The van der Waals surface area contributed by atoms with Gasteiger partial charge in [-0.15, -0.1) is 0 Å². The second-order valence-corrected chi connectivity index (χ2v) is 7.94. The smallest absolute Gasteiger partial charge is 0.326 e. The fourth-order valence-electron chi connectivity index (χ4n) is 4.13. The minimum Gasteiger partial charge on any atom is -0.480 e. The van der Waals surface area contributed by atoms with Crippen LogP contribution < -0.4 is 5.32 Å². The van der Waals surface area contributed by atoms with Gasteiger partial charge < -0.3 is 14.7 Å². The second kappa shape index (κ2) is 10.4. The van der Waals surface area contributed by atoms with Gasteiger partial charge in [-0.25, -0.2) is 4.79 Å². The SMILES string of the molecule is CCOC(=O)C(CCc1ccc2ccccc2c1)N[C@@H](C)C(=O)N1CCC[C@H]1C(=O)O. The van der Waals surface area contributed by atoms with Crippen molar-refractivity contribution in [3.8, 4) is 0 Å². The number of hydrogen-bond acceptors (Lipinski definition) is 5. The van der Waals surface area contributed by atoms with Gasteiger partial charge in [-0.05, 0) is 55.9 Å². The zero-order valence-corrected chi connectivity index (χ0v) is 18.0. The lowest BCUT2D eigenvalue weighted by atomic mass is 10.0. The summed E-state index contributed by atoms with van der Waals surface area (Å²) in [6.45, 7) is 4.09. The number of nitrogens with zero attached hydrogens (tertiary/aromatic N) is 1. The van der Waals surface area contributed by atoms with E-state index in [0.717, 1.165) is 16.3 Å². The van der Waals surface area contributed by atoms with E-state index in [1.54, 1.807) is 13.8 Å². The number of nitrogens with one attached hydrogen (secondary N) is 1. The van der Waals surface area contributed by atoms with Gasteiger partial charge in [0.05, 0.1) is 12.6 Å². The number of carbonyl (C=O) groups excluding carboxylic acids is 2. The van der Waals surface area contributed by atoms with Gasteiger partial charge in [0.1, 0.15) is 12.1 Å². The molecule has 0 aromatic heterocycles. The average Bonchev–Trinajstić information content (AvgIpc) is 3.26. The van der Waals surface area contributed by atoms with Crippen LogP contribution in [0.25, 0.3) is 10.8 Å². The van der Waals surface area contributed by atoms with E-state index in [4.69, 9.17) is 4.74 Å². The first-order valence-corrected chi connectivity index (χ1v) is 10.8. The summed E-state index contributed by atoms with van der Waals surface area (Å²) in [4.78, 5) is 38.2. The van der Waals surface area contributed by atoms with E-state index in [-0.39, 0.29) is 12.5 Å². The molecule has 1 saturated heterocycles. The third-order valence-electron chi connectivity index (χ3n) is 5.75. The van der Waals surface area contributed by atoms with E-state index >= 15 is 0 Å².